The van der Waals surface area contributed by atoms with Gasteiger partial charge in [0, 0.05) is 6.92 Å². The Balaban J connectivity index is 1.79. The first-order valence-corrected chi connectivity index (χ1v) is 13.2. The van der Waals surface area contributed by atoms with Crippen LogP contribution in [0.3, 0.4) is 0 Å². The number of esters is 1. The van der Waals surface area contributed by atoms with Gasteiger partial charge in [0.15, 0.2) is 12.4 Å². The van der Waals surface area contributed by atoms with Gasteiger partial charge in [-0.3, -0.25) is 10.1 Å². The summed E-state index contributed by atoms with van der Waals surface area (Å²) in [6.45, 7) is 17.8. The van der Waals surface area contributed by atoms with Crippen molar-refractivity contribution in [3.63, 3.8) is 0 Å². The van der Waals surface area contributed by atoms with Crippen LogP contribution in [0, 0.1) is 16.7 Å². The number of carbonyl (C=O) groups excluding carboxylic acids is 1. The van der Waals surface area contributed by atoms with Crippen molar-refractivity contribution in [1.29, 1.82) is 0 Å². The van der Waals surface area contributed by atoms with Crippen molar-refractivity contribution in [1.82, 2.24) is 0 Å². The van der Waals surface area contributed by atoms with E-state index in [2.05, 4.69) is 27.4 Å². The quantitative estimate of drug-likeness (QED) is 0.189. The van der Waals surface area contributed by atoms with Crippen LogP contribution in [0.1, 0.15) is 87.0 Å². The number of aliphatic hydroxyl groups is 2. The van der Waals surface area contributed by atoms with Crippen molar-refractivity contribution in [2.45, 2.75) is 129 Å². The lowest BCUT2D eigenvalue weighted by atomic mass is 9.49. The first-order chi connectivity index (χ1) is 16.7. The molecule has 8 nitrogen and oxygen atoms in total. The first kappa shape index (κ1) is 29.3. The van der Waals surface area contributed by atoms with Gasteiger partial charge < -0.3 is 24.4 Å². The average Bonchev–Trinajstić information content (AvgIpc) is 2.79. The summed E-state index contributed by atoms with van der Waals surface area (Å²) in [5, 5.41) is 31.0. The highest BCUT2D eigenvalue weighted by molar-refractivity contribution is 5.66. The van der Waals surface area contributed by atoms with Gasteiger partial charge in [-0.05, 0) is 75.2 Å². The van der Waals surface area contributed by atoms with Crippen molar-refractivity contribution < 1.29 is 39.4 Å². The third kappa shape index (κ3) is 5.59. The summed E-state index contributed by atoms with van der Waals surface area (Å²) in [7, 11) is 0. The monoisotopic (exact) mass is 510 g/mol. The topological polar surface area (TPSA) is 115 Å². The fourth-order valence-electron chi connectivity index (χ4n) is 7.01. The van der Waals surface area contributed by atoms with Gasteiger partial charge in [-0.15, -0.1) is 6.58 Å². The second kappa shape index (κ2) is 10.8. The van der Waals surface area contributed by atoms with Crippen LogP contribution in [0.4, 0.5) is 0 Å². The van der Waals surface area contributed by atoms with Gasteiger partial charge in [0.05, 0.1) is 11.7 Å². The van der Waals surface area contributed by atoms with E-state index in [1.54, 1.807) is 13.0 Å². The standard InChI is InChI=1S/C28H46O8/c1-9-27(7,35-25-23(31)22(30)24(17(3)33-25)34-18(4)29)14-11-19-16(2)20(36-32)15-21-26(5,6)12-10-13-28(19,21)8/h9,17,20-25,30-32H,1,10-15H2,2-8H3. The van der Waals surface area contributed by atoms with Crippen LogP contribution >= 0.6 is 0 Å². The van der Waals surface area contributed by atoms with E-state index in [4.69, 9.17) is 19.1 Å². The Morgan fingerprint density at radius 1 is 1.25 bits per heavy atom. The maximum atomic E-state index is 11.4. The number of hydrogen-bond acceptors (Lipinski definition) is 8. The van der Waals surface area contributed by atoms with Crippen LogP contribution in [0.25, 0.3) is 0 Å². The minimum absolute atomic E-state index is 0.00818. The first-order valence-electron chi connectivity index (χ1n) is 13.2. The summed E-state index contributed by atoms with van der Waals surface area (Å²) < 4.78 is 17.2. The molecule has 2 fully saturated rings. The Hall–Kier alpha value is -1.29. The molecule has 0 amide bonds. The Kier molecular flexibility index (Phi) is 8.80. The zero-order valence-corrected chi connectivity index (χ0v) is 23.0. The van der Waals surface area contributed by atoms with Gasteiger partial charge >= 0.3 is 5.97 Å². The molecule has 2 aliphatic carbocycles. The van der Waals surface area contributed by atoms with Crippen LogP contribution in [0.5, 0.6) is 0 Å². The van der Waals surface area contributed by atoms with Gasteiger partial charge in [-0.2, -0.15) is 0 Å². The van der Waals surface area contributed by atoms with Gasteiger partial charge in [-0.1, -0.05) is 38.8 Å². The van der Waals surface area contributed by atoms with Crippen molar-refractivity contribution in [2.24, 2.45) is 16.7 Å². The molecular weight excluding hydrogens is 464 g/mol. The molecule has 0 bridgehead atoms. The Labute approximate surface area is 215 Å². The van der Waals surface area contributed by atoms with Crippen LogP contribution in [0.15, 0.2) is 23.8 Å². The summed E-state index contributed by atoms with van der Waals surface area (Å²) in [5.41, 5.74) is 1.62. The normalized spacial score (nSPS) is 40.2. The molecule has 0 radical (unpaired) electrons. The maximum absolute atomic E-state index is 11.4. The summed E-state index contributed by atoms with van der Waals surface area (Å²) in [5.74, 6) is -0.181. The van der Waals surface area contributed by atoms with Crippen molar-refractivity contribution in [3.05, 3.63) is 23.8 Å². The number of allylic oxidation sites excluding steroid dienone is 1. The van der Waals surface area contributed by atoms with E-state index in [1.165, 1.54) is 12.5 Å². The molecule has 206 valence electrons. The number of carbonyl (C=O) groups is 1. The molecule has 1 saturated carbocycles. The summed E-state index contributed by atoms with van der Waals surface area (Å²) in [6, 6.07) is 0. The molecule has 9 atom stereocenters. The third-order valence-corrected chi connectivity index (χ3v) is 9.22. The molecule has 1 heterocycles. The molecule has 0 aromatic rings. The fourth-order valence-corrected chi connectivity index (χ4v) is 7.01. The van der Waals surface area contributed by atoms with Crippen LogP contribution in [-0.4, -0.2) is 63.9 Å². The molecule has 1 aliphatic heterocycles. The van der Waals surface area contributed by atoms with E-state index < -0.39 is 42.3 Å². The second-order valence-electron chi connectivity index (χ2n) is 12.2. The molecule has 8 heteroatoms. The molecule has 3 N–H and O–H groups in total. The highest BCUT2D eigenvalue weighted by atomic mass is 17.1. The Morgan fingerprint density at radius 3 is 2.50 bits per heavy atom. The van der Waals surface area contributed by atoms with Gasteiger partial charge in [0.2, 0.25) is 0 Å². The van der Waals surface area contributed by atoms with Gasteiger partial charge in [0.1, 0.15) is 18.3 Å². The highest BCUT2D eigenvalue weighted by Gasteiger charge is 2.53. The Morgan fingerprint density at radius 2 is 1.92 bits per heavy atom. The molecule has 3 aliphatic rings. The van der Waals surface area contributed by atoms with E-state index in [0.29, 0.717) is 18.8 Å². The molecule has 0 aromatic carbocycles. The highest BCUT2D eigenvalue weighted by Crippen LogP contribution is 2.60. The van der Waals surface area contributed by atoms with E-state index in [1.807, 2.05) is 13.8 Å². The molecule has 0 spiro atoms. The lowest BCUT2D eigenvalue weighted by Gasteiger charge is -2.56. The summed E-state index contributed by atoms with van der Waals surface area (Å²) >= 11 is 0. The summed E-state index contributed by atoms with van der Waals surface area (Å²) in [6.07, 6.45) is 1.32. The fraction of sp³-hybridized carbons (Fsp3) is 0.821. The van der Waals surface area contributed by atoms with Crippen molar-refractivity contribution >= 4 is 5.97 Å². The predicted molar refractivity (Wildman–Crippen MR) is 135 cm³/mol. The lowest BCUT2D eigenvalue weighted by molar-refractivity contribution is -0.314. The number of fused-ring (bicyclic) bond motifs is 1. The number of hydrogen-bond donors (Lipinski definition) is 3. The smallest absolute Gasteiger partial charge is 0.303 e. The SMILES string of the molecule is C=CC(C)(CCC1=C(C)C(OO)CC2C(C)(C)CCCC12C)OC1OC(C)C(OC(C)=O)C(O)C1O. The molecule has 1 saturated heterocycles. The van der Waals surface area contributed by atoms with Gasteiger partial charge in [-0.25, -0.2) is 4.89 Å². The van der Waals surface area contributed by atoms with E-state index in [0.717, 1.165) is 31.3 Å². The molecule has 0 aromatic heterocycles. The van der Waals surface area contributed by atoms with Crippen molar-refractivity contribution in [2.75, 3.05) is 0 Å². The minimum atomic E-state index is -1.39. The largest absolute Gasteiger partial charge is 0.457 e. The van der Waals surface area contributed by atoms with Crippen molar-refractivity contribution in [3.8, 4) is 0 Å². The third-order valence-electron chi connectivity index (χ3n) is 9.22. The zero-order valence-electron chi connectivity index (χ0n) is 23.0. The van der Waals surface area contributed by atoms with E-state index in [-0.39, 0.29) is 16.9 Å². The number of aliphatic hydroxyl groups excluding tert-OH is 2. The minimum Gasteiger partial charge on any atom is -0.457 e. The molecule has 3 rings (SSSR count). The molecular formula is C28H46O8. The number of ether oxygens (including phenoxy) is 3. The molecule has 9 unspecified atom stereocenters. The zero-order chi connectivity index (χ0) is 27.1. The van der Waals surface area contributed by atoms with Crippen LogP contribution in [0.2, 0.25) is 0 Å². The Bertz CT molecular complexity index is 852. The van der Waals surface area contributed by atoms with Gasteiger partial charge in [0.25, 0.3) is 0 Å². The predicted octanol–water partition coefficient (Wildman–Crippen LogP) is 4.54. The van der Waals surface area contributed by atoms with E-state index in [9.17, 15) is 20.3 Å². The van der Waals surface area contributed by atoms with Crippen LogP contribution in [-0.2, 0) is 23.9 Å². The second-order valence-corrected chi connectivity index (χ2v) is 12.2. The molecule has 36 heavy (non-hydrogen) atoms. The van der Waals surface area contributed by atoms with E-state index >= 15 is 0 Å². The summed E-state index contributed by atoms with van der Waals surface area (Å²) in [4.78, 5) is 16.3. The van der Waals surface area contributed by atoms with Crippen LogP contribution < -0.4 is 0 Å². The lowest BCUT2D eigenvalue weighted by Crippen LogP contribution is -2.59. The average molecular weight is 511 g/mol. The maximum Gasteiger partial charge on any atom is 0.303 e. The number of rotatable bonds is 8.